The van der Waals surface area contributed by atoms with Gasteiger partial charge in [0.1, 0.15) is 30.2 Å². The van der Waals surface area contributed by atoms with E-state index in [9.17, 15) is 14.4 Å². The molecule has 3 amide bonds. The number of para-hydroxylation sites is 2. The molecule has 7 heteroatoms. The van der Waals surface area contributed by atoms with Crippen LogP contribution in [0.2, 0.25) is 0 Å². The van der Waals surface area contributed by atoms with Crippen molar-refractivity contribution in [2.75, 3.05) is 6.54 Å². The highest BCUT2D eigenvalue weighted by Crippen LogP contribution is 2.26. The molecule has 29 heavy (non-hydrogen) atoms. The maximum atomic E-state index is 12.6. The average Bonchev–Trinajstić information content (AvgIpc) is 2.98. The lowest BCUT2D eigenvalue weighted by atomic mass is 9.93. The van der Waals surface area contributed by atoms with Crippen molar-refractivity contribution in [2.45, 2.75) is 38.8 Å². The Kier molecular flexibility index (Phi) is 6.16. The number of amides is 3. The van der Waals surface area contributed by atoms with Crippen LogP contribution in [0.15, 0.2) is 54.6 Å². The molecule has 0 radical (unpaired) electrons. The van der Waals surface area contributed by atoms with Crippen LogP contribution in [0.25, 0.3) is 0 Å². The van der Waals surface area contributed by atoms with Crippen LogP contribution >= 0.6 is 0 Å². The van der Waals surface area contributed by atoms with E-state index in [1.54, 1.807) is 12.1 Å². The van der Waals surface area contributed by atoms with Gasteiger partial charge in [0.15, 0.2) is 0 Å². The van der Waals surface area contributed by atoms with E-state index >= 15 is 0 Å². The number of rotatable bonds is 8. The van der Waals surface area contributed by atoms with Gasteiger partial charge in [-0.3, -0.25) is 14.5 Å². The first-order chi connectivity index (χ1) is 14.0. The number of ether oxygens (including phenoxy) is 2. The van der Waals surface area contributed by atoms with E-state index in [4.69, 9.17) is 9.47 Å². The van der Waals surface area contributed by atoms with E-state index in [2.05, 4.69) is 5.32 Å². The highest BCUT2D eigenvalue weighted by molar-refractivity contribution is 6.08. The molecule has 2 aromatic rings. The van der Waals surface area contributed by atoms with Crippen LogP contribution in [0.3, 0.4) is 0 Å². The monoisotopic (exact) mass is 396 g/mol. The van der Waals surface area contributed by atoms with Gasteiger partial charge in [-0.2, -0.15) is 0 Å². The van der Waals surface area contributed by atoms with E-state index in [0.29, 0.717) is 29.9 Å². The zero-order valence-corrected chi connectivity index (χ0v) is 16.5. The molecule has 0 bridgehead atoms. The summed E-state index contributed by atoms with van der Waals surface area (Å²) in [5, 5.41) is 2.69. The summed E-state index contributed by atoms with van der Waals surface area (Å²) >= 11 is 0. The third kappa shape index (κ3) is 4.39. The predicted octanol–water partition coefficient (Wildman–Crippen LogP) is 3.63. The van der Waals surface area contributed by atoms with Gasteiger partial charge in [0.25, 0.3) is 5.91 Å². The largest absolute Gasteiger partial charge is 0.459 e. The van der Waals surface area contributed by atoms with Gasteiger partial charge in [0, 0.05) is 5.56 Å². The van der Waals surface area contributed by atoms with E-state index in [1.807, 2.05) is 56.3 Å². The number of hydrogen-bond donors (Lipinski definition) is 1. The highest BCUT2D eigenvalue weighted by atomic mass is 16.5. The Morgan fingerprint density at radius 3 is 2.31 bits per heavy atom. The molecule has 0 aromatic heterocycles. The molecule has 1 fully saturated rings. The minimum Gasteiger partial charge on any atom is -0.459 e. The molecule has 1 aliphatic heterocycles. The standard InChI is InChI=1S/C22H24N2O5/c1-3-22(4-2)20(26)24(21(27)23-22)14-19(25)28-15-16-10-8-9-13-18(16)29-17-11-6-5-7-12-17/h5-13H,3-4,14-15H2,1-2H3,(H,23,27). The van der Waals surface area contributed by atoms with E-state index in [-0.39, 0.29) is 6.61 Å². The summed E-state index contributed by atoms with van der Waals surface area (Å²) in [6.07, 6.45) is 0.924. The minimum atomic E-state index is -0.937. The molecule has 0 unspecified atom stereocenters. The molecule has 1 N–H and O–H groups in total. The molecule has 152 valence electrons. The molecule has 0 atom stereocenters. The second-order valence-corrected chi connectivity index (χ2v) is 6.79. The Balaban J connectivity index is 1.62. The van der Waals surface area contributed by atoms with Crippen LogP contribution in [0.4, 0.5) is 4.79 Å². The summed E-state index contributed by atoms with van der Waals surface area (Å²) < 4.78 is 11.2. The molecule has 3 rings (SSSR count). The van der Waals surface area contributed by atoms with Crippen LogP contribution in [-0.4, -0.2) is 34.9 Å². The maximum Gasteiger partial charge on any atom is 0.326 e. The van der Waals surface area contributed by atoms with E-state index in [1.165, 1.54) is 0 Å². The van der Waals surface area contributed by atoms with E-state index < -0.39 is 30.0 Å². The number of imide groups is 1. The number of urea groups is 1. The molecule has 1 aliphatic rings. The molecule has 0 aliphatic carbocycles. The van der Waals surface area contributed by atoms with Crippen molar-refractivity contribution >= 4 is 17.9 Å². The second-order valence-electron chi connectivity index (χ2n) is 6.79. The van der Waals surface area contributed by atoms with Crippen LogP contribution in [0.5, 0.6) is 11.5 Å². The zero-order valence-electron chi connectivity index (χ0n) is 16.5. The fourth-order valence-electron chi connectivity index (χ4n) is 3.22. The van der Waals surface area contributed by atoms with Gasteiger partial charge >= 0.3 is 12.0 Å². The Labute approximate surface area is 169 Å². The number of benzene rings is 2. The Morgan fingerprint density at radius 1 is 1.00 bits per heavy atom. The first kappa shape index (κ1) is 20.4. The van der Waals surface area contributed by atoms with Gasteiger partial charge in [-0.15, -0.1) is 0 Å². The number of nitrogens with zero attached hydrogens (tertiary/aromatic N) is 1. The lowest BCUT2D eigenvalue weighted by Gasteiger charge is -2.22. The van der Waals surface area contributed by atoms with Gasteiger partial charge in [-0.05, 0) is 31.0 Å². The SMILES string of the molecule is CCC1(CC)NC(=O)N(CC(=O)OCc2ccccc2Oc2ccccc2)C1=O. The van der Waals surface area contributed by atoms with Crippen LogP contribution < -0.4 is 10.1 Å². The molecule has 1 saturated heterocycles. The molecular formula is C22H24N2O5. The number of nitrogens with one attached hydrogen (secondary N) is 1. The summed E-state index contributed by atoms with van der Waals surface area (Å²) in [7, 11) is 0. The maximum absolute atomic E-state index is 12.6. The molecule has 0 spiro atoms. The fourth-order valence-corrected chi connectivity index (χ4v) is 3.22. The lowest BCUT2D eigenvalue weighted by molar-refractivity contribution is -0.149. The van der Waals surface area contributed by atoms with E-state index in [0.717, 1.165) is 4.90 Å². The minimum absolute atomic E-state index is 0.0296. The highest BCUT2D eigenvalue weighted by Gasteiger charge is 2.49. The summed E-state index contributed by atoms with van der Waals surface area (Å²) in [4.78, 5) is 37.9. The topological polar surface area (TPSA) is 84.9 Å². The van der Waals surface area contributed by atoms with Crippen molar-refractivity contribution in [3.63, 3.8) is 0 Å². The van der Waals surface area contributed by atoms with Crippen molar-refractivity contribution < 1.29 is 23.9 Å². The molecule has 0 saturated carbocycles. The van der Waals surface area contributed by atoms with Crippen molar-refractivity contribution in [3.8, 4) is 11.5 Å². The van der Waals surface area contributed by atoms with Crippen molar-refractivity contribution in [3.05, 3.63) is 60.2 Å². The fraction of sp³-hybridized carbons (Fsp3) is 0.318. The lowest BCUT2D eigenvalue weighted by Crippen LogP contribution is -2.46. The molecule has 2 aromatic carbocycles. The van der Waals surface area contributed by atoms with Gasteiger partial charge < -0.3 is 14.8 Å². The van der Waals surface area contributed by atoms with Crippen molar-refractivity contribution in [1.29, 1.82) is 0 Å². The van der Waals surface area contributed by atoms with Gasteiger partial charge in [-0.25, -0.2) is 4.79 Å². The molecule has 1 heterocycles. The Bertz CT molecular complexity index is 893. The molecular weight excluding hydrogens is 372 g/mol. The van der Waals surface area contributed by atoms with Crippen LogP contribution in [0, 0.1) is 0 Å². The van der Waals surface area contributed by atoms with Crippen molar-refractivity contribution in [1.82, 2.24) is 10.2 Å². The Hall–Kier alpha value is -3.35. The average molecular weight is 396 g/mol. The summed E-state index contributed by atoms with van der Waals surface area (Å²) in [6, 6.07) is 15.9. The van der Waals surface area contributed by atoms with Crippen molar-refractivity contribution in [2.24, 2.45) is 0 Å². The number of carbonyl (C=O) groups is 3. The smallest absolute Gasteiger partial charge is 0.326 e. The Morgan fingerprint density at radius 2 is 1.66 bits per heavy atom. The first-order valence-corrected chi connectivity index (χ1v) is 9.59. The normalized spacial score (nSPS) is 15.2. The van der Waals surface area contributed by atoms with Crippen LogP contribution in [-0.2, 0) is 20.9 Å². The third-order valence-electron chi connectivity index (χ3n) is 5.07. The van der Waals surface area contributed by atoms with Gasteiger partial charge in [0.05, 0.1) is 0 Å². The first-order valence-electron chi connectivity index (χ1n) is 9.59. The molecule has 7 nitrogen and oxygen atoms in total. The van der Waals surface area contributed by atoms with Gasteiger partial charge in [0.2, 0.25) is 0 Å². The zero-order chi connectivity index (χ0) is 20.9. The van der Waals surface area contributed by atoms with Crippen LogP contribution in [0.1, 0.15) is 32.3 Å². The second kappa shape index (κ2) is 8.77. The number of carbonyl (C=O) groups excluding carboxylic acids is 3. The summed E-state index contributed by atoms with van der Waals surface area (Å²) in [6.45, 7) is 3.20. The predicted molar refractivity (Wildman–Crippen MR) is 106 cm³/mol. The number of hydrogen-bond acceptors (Lipinski definition) is 5. The summed E-state index contributed by atoms with van der Waals surface area (Å²) in [5.74, 6) is 0.182. The number of esters is 1. The quantitative estimate of drug-likeness (QED) is 0.544. The summed E-state index contributed by atoms with van der Waals surface area (Å²) in [5.41, 5.74) is -0.258. The third-order valence-corrected chi connectivity index (χ3v) is 5.07. The van der Waals surface area contributed by atoms with Gasteiger partial charge in [-0.1, -0.05) is 50.2 Å².